The minimum absolute atomic E-state index is 0.0585. The lowest BCUT2D eigenvalue weighted by atomic mass is 9.93. The van der Waals surface area contributed by atoms with Gasteiger partial charge in [-0.2, -0.15) is 0 Å². The van der Waals surface area contributed by atoms with Crippen molar-refractivity contribution in [3.8, 4) is 33.8 Å². The molecule has 0 saturated heterocycles. The normalized spacial score (nSPS) is 16.0. The molecule has 58 heavy (non-hydrogen) atoms. The number of pyridine rings is 3. The van der Waals surface area contributed by atoms with Gasteiger partial charge in [0.05, 0.1) is 17.1 Å². The van der Waals surface area contributed by atoms with E-state index in [4.69, 9.17) is 4.42 Å². The highest BCUT2D eigenvalue weighted by atomic mass is 19.1. The second kappa shape index (κ2) is 16.4. The lowest BCUT2D eigenvalue weighted by Gasteiger charge is -2.13. The van der Waals surface area contributed by atoms with Crippen LogP contribution in [0.1, 0.15) is 61.0 Å². The van der Waals surface area contributed by atoms with Crippen LogP contribution in [0, 0.1) is 19.7 Å². The maximum absolute atomic E-state index is 14.7. The Morgan fingerprint density at radius 1 is 0.466 bits per heavy atom. The van der Waals surface area contributed by atoms with Gasteiger partial charge in [-0.3, -0.25) is 15.0 Å². The van der Waals surface area contributed by atoms with Crippen LogP contribution in [0.3, 0.4) is 0 Å². The number of nitrogens with zero attached hydrogens (tertiary/aromatic N) is 3. The third-order valence-corrected chi connectivity index (χ3v) is 9.84. The van der Waals surface area contributed by atoms with Gasteiger partial charge in [-0.25, -0.2) is 4.39 Å². The van der Waals surface area contributed by atoms with Crippen LogP contribution in [-0.2, 0) is 38.2 Å². The number of hydrogen-bond acceptors (Lipinski definition) is 4. The van der Waals surface area contributed by atoms with E-state index < -0.39 is 60.7 Å². The van der Waals surface area contributed by atoms with Crippen molar-refractivity contribution in [3.63, 3.8) is 0 Å². The Kier molecular flexibility index (Phi) is 7.22. The van der Waals surface area contributed by atoms with Gasteiger partial charge in [0.1, 0.15) is 5.58 Å². The molecule has 9 aromatic rings. The van der Waals surface area contributed by atoms with E-state index in [1.165, 1.54) is 30.6 Å². The fourth-order valence-electron chi connectivity index (χ4n) is 6.79. The maximum Gasteiger partial charge on any atom is 0.171 e. The van der Waals surface area contributed by atoms with Gasteiger partial charge in [-0.05, 0) is 127 Å². The molecule has 5 heteroatoms. The maximum atomic E-state index is 14.7. The molecule has 0 fully saturated rings. The topological polar surface area (TPSA) is 51.8 Å². The number of aromatic nitrogens is 3. The minimum atomic E-state index is -3.13. The number of fused-ring (bicyclic) bond motifs is 3. The van der Waals surface area contributed by atoms with Gasteiger partial charge in [0.2, 0.25) is 0 Å². The molecular weight excluding hydrogens is 714 g/mol. The molecule has 0 unspecified atom stereocenters. The van der Waals surface area contributed by atoms with Gasteiger partial charge in [0.25, 0.3) is 0 Å². The minimum Gasteiger partial charge on any atom is -0.452 e. The third kappa shape index (κ3) is 7.94. The Morgan fingerprint density at radius 2 is 0.966 bits per heavy atom. The van der Waals surface area contributed by atoms with Crippen molar-refractivity contribution in [1.29, 1.82) is 0 Å². The molecule has 0 N–H and O–H groups in total. The second-order valence-corrected chi connectivity index (χ2v) is 13.9. The van der Waals surface area contributed by atoms with Crippen LogP contribution in [0.5, 0.6) is 0 Å². The molecule has 9 rings (SSSR count). The number of para-hydroxylation sites is 2. The SMILES string of the molecule is [2H]C([2H])(c1ccc(-c2cccc3c2oc2c(F)cccc23)nc1)C([2H])([2H])c1cc(C([2H])([2H])C([2H])([2H])c2cnc(-c3ccccc3)cc2C)cc(C([2H])([2H])C([2H])([2H])c2cnc(-c3ccccc3)cc2C)c1. The summed E-state index contributed by atoms with van der Waals surface area (Å²) in [6.45, 7) is 3.21. The highest BCUT2D eigenvalue weighted by molar-refractivity contribution is 6.09. The van der Waals surface area contributed by atoms with Crippen LogP contribution in [-0.4, -0.2) is 15.0 Å². The molecule has 4 nitrogen and oxygen atoms in total. The number of furan rings is 1. The Morgan fingerprint density at radius 3 is 1.50 bits per heavy atom. The number of hydrogen-bond donors (Lipinski definition) is 0. The highest BCUT2D eigenvalue weighted by Crippen LogP contribution is 2.36. The number of rotatable bonds is 12. The molecule has 4 aromatic heterocycles. The molecule has 0 aliphatic heterocycles. The van der Waals surface area contributed by atoms with Crippen molar-refractivity contribution in [3.05, 3.63) is 208 Å². The first-order valence-corrected chi connectivity index (χ1v) is 18.8. The zero-order chi connectivity index (χ0) is 50.2. The predicted octanol–water partition coefficient (Wildman–Crippen LogP) is 12.9. The molecular formula is C53H44FN3O. The van der Waals surface area contributed by atoms with E-state index in [0.717, 1.165) is 35.5 Å². The first-order chi connectivity index (χ1) is 33.0. The monoisotopic (exact) mass is 769 g/mol. The summed E-state index contributed by atoms with van der Waals surface area (Å²) in [6.07, 6.45) is -14.5. The number of benzene rings is 5. The van der Waals surface area contributed by atoms with E-state index in [1.54, 1.807) is 56.3 Å². The fourth-order valence-corrected chi connectivity index (χ4v) is 6.79. The summed E-state index contributed by atoms with van der Waals surface area (Å²) < 4.78 is 134. The first kappa shape index (κ1) is 25.5. The summed E-state index contributed by atoms with van der Waals surface area (Å²) in [5, 5.41) is 1.18. The molecule has 0 spiro atoms. The summed E-state index contributed by atoms with van der Waals surface area (Å²) in [5.41, 5.74) is 2.10. The zero-order valence-electron chi connectivity index (χ0n) is 43.6. The summed E-state index contributed by atoms with van der Waals surface area (Å²) in [5.74, 6) is -0.548. The van der Waals surface area contributed by atoms with E-state index in [2.05, 4.69) is 15.0 Å². The summed E-state index contributed by atoms with van der Waals surface area (Å²) in [6, 6.07) is 37.0. The van der Waals surface area contributed by atoms with Crippen molar-refractivity contribution in [2.45, 2.75) is 52.1 Å². The average Bonchev–Trinajstić information content (AvgIpc) is 3.74. The van der Waals surface area contributed by atoms with Gasteiger partial charge in [0, 0.05) is 62.5 Å². The molecule has 5 aromatic carbocycles. The molecule has 284 valence electrons. The standard InChI is InChI=1S/C53H44FN3O/c1-35-27-50(41-11-5-3-6-12-41)56-33-43(35)24-21-39-29-38(30-40(31-39)22-25-44-34-57-51(28-36(44)2)42-13-7-4-8-14-42)20-19-37-23-26-49(55-32-37)47-17-9-15-45-46-16-10-18-48(54)53(46)58-52(45)47/h3-18,23,26-34H,19-22,24-25H2,1-2H3/i19D2,20D2,21D2,22D2,24D2,25D2. The molecule has 0 aliphatic rings. The van der Waals surface area contributed by atoms with E-state index >= 15 is 0 Å². The van der Waals surface area contributed by atoms with Gasteiger partial charge < -0.3 is 4.42 Å². The Balaban J connectivity index is 1.15. The summed E-state index contributed by atoms with van der Waals surface area (Å²) in [4.78, 5) is 13.4. The van der Waals surface area contributed by atoms with Crippen LogP contribution in [0.25, 0.3) is 55.7 Å². The van der Waals surface area contributed by atoms with E-state index in [1.807, 2.05) is 60.7 Å². The molecule has 0 amide bonds. The van der Waals surface area contributed by atoms with Crippen molar-refractivity contribution in [2.75, 3.05) is 0 Å². The predicted molar refractivity (Wildman–Crippen MR) is 234 cm³/mol. The number of aryl methyl sites for hydroxylation is 8. The molecule has 0 bridgehead atoms. The van der Waals surface area contributed by atoms with Crippen molar-refractivity contribution in [2.24, 2.45) is 0 Å². The van der Waals surface area contributed by atoms with Gasteiger partial charge in [-0.1, -0.05) is 109 Å². The second-order valence-electron chi connectivity index (χ2n) is 13.9. The summed E-state index contributed by atoms with van der Waals surface area (Å²) in [7, 11) is 0. The molecule has 0 aliphatic carbocycles. The van der Waals surface area contributed by atoms with Crippen LogP contribution in [0.15, 0.2) is 163 Å². The van der Waals surface area contributed by atoms with Crippen molar-refractivity contribution in [1.82, 2.24) is 15.0 Å². The average molecular weight is 770 g/mol. The van der Waals surface area contributed by atoms with Gasteiger partial charge >= 0.3 is 0 Å². The number of halogens is 1. The van der Waals surface area contributed by atoms with Crippen LogP contribution < -0.4 is 0 Å². The fraction of sp³-hybridized carbons (Fsp3) is 0.151. The first-order valence-electron chi connectivity index (χ1n) is 24.8. The van der Waals surface area contributed by atoms with Crippen molar-refractivity contribution < 1.29 is 25.3 Å². The highest BCUT2D eigenvalue weighted by Gasteiger charge is 2.16. The Labute approximate surface area is 356 Å². The van der Waals surface area contributed by atoms with E-state index in [-0.39, 0.29) is 22.3 Å². The lowest BCUT2D eigenvalue weighted by Crippen LogP contribution is -2.02. The summed E-state index contributed by atoms with van der Waals surface area (Å²) >= 11 is 0. The third-order valence-electron chi connectivity index (χ3n) is 9.84. The largest absolute Gasteiger partial charge is 0.452 e. The molecule has 0 radical (unpaired) electrons. The Hall–Kier alpha value is -6.72. The van der Waals surface area contributed by atoms with Gasteiger partial charge in [-0.15, -0.1) is 0 Å². The smallest absolute Gasteiger partial charge is 0.171 e. The molecule has 0 saturated carbocycles. The molecule has 0 atom stereocenters. The van der Waals surface area contributed by atoms with Crippen LogP contribution >= 0.6 is 0 Å². The zero-order valence-corrected chi connectivity index (χ0v) is 31.6. The lowest BCUT2D eigenvalue weighted by molar-refractivity contribution is 0.584. The van der Waals surface area contributed by atoms with Crippen LogP contribution in [0.4, 0.5) is 4.39 Å². The van der Waals surface area contributed by atoms with Crippen molar-refractivity contribution >= 4 is 21.9 Å². The molecule has 4 heterocycles. The Bertz CT molecular complexity index is 3310. The van der Waals surface area contributed by atoms with Gasteiger partial charge in [0.15, 0.2) is 11.4 Å². The quantitative estimate of drug-likeness (QED) is 0.124. The van der Waals surface area contributed by atoms with E-state index in [0.29, 0.717) is 50.1 Å². The van der Waals surface area contributed by atoms with E-state index in [9.17, 15) is 20.8 Å². The van der Waals surface area contributed by atoms with Crippen LogP contribution in [0.2, 0.25) is 0 Å².